The Morgan fingerprint density at radius 3 is 2.71 bits per heavy atom. The minimum Gasteiger partial charge on any atom is -0.385 e. The van der Waals surface area contributed by atoms with Crippen molar-refractivity contribution in [3.05, 3.63) is 78.1 Å². The van der Waals surface area contributed by atoms with Crippen molar-refractivity contribution in [3.8, 4) is 11.1 Å². The number of nitrogens with zero attached hydrogens (tertiary/aromatic N) is 5. The molecule has 3 heterocycles. The number of fused-ring (bicyclic) bond motifs is 2. The molecular weight excluding hydrogens is 516 g/mol. The van der Waals surface area contributed by atoms with Gasteiger partial charge < -0.3 is 19.9 Å². The summed E-state index contributed by atoms with van der Waals surface area (Å²) in [6.07, 6.45) is 3.88. The zero-order chi connectivity index (χ0) is 28.2. The Morgan fingerprint density at radius 2 is 1.85 bits per heavy atom. The number of likely N-dealkylation sites (tertiary alicyclic amines) is 1. The summed E-state index contributed by atoms with van der Waals surface area (Å²) in [7, 11) is 1.73. The number of nitrogens with two attached hydrogens (primary N) is 1. The van der Waals surface area contributed by atoms with E-state index in [9.17, 15) is 4.79 Å². The smallest absolute Gasteiger partial charge is 0.224 e. The molecule has 0 unspecified atom stereocenters. The molecule has 9 nitrogen and oxygen atoms in total. The Morgan fingerprint density at radius 1 is 1.05 bits per heavy atom. The maximum absolute atomic E-state index is 13.4. The van der Waals surface area contributed by atoms with E-state index in [-0.39, 0.29) is 17.9 Å². The number of rotatable bonds is 10. The first kappa shape index (κ1) is 27.1. The number of aryl methyl sites for hydroxylation is 1. The van der Waals surface area contributed by atoms with Gasteiger partial charge in [0, 0.05) is 51.7 Å². The molecule has 2 aromatic heterocycles. The highest BCUT2D eigenvalue weighted by molar-refractivity contribution is 5.81. The van der Waals surface area contributed by atoms with Gasteiger partial charge in [-0.15, -0.1) is 0 Å². The van der Waals surface area contributed by atoms with Gasteiger partial charge in [-0.05, 0) is 77.0 Å². The molecule has 41 heavy (non-hydrogen) atoms. The quantitative estimate of drug-likeness (QED) is 0.244. The largest absolute Gasteiger partial charge is 0.385 e. The molecule has 1 aliphatic rings. The maximum Gasteiger partial charge on any atom is 0.224 e. The van der Waals surface area contributed by atoms with Crippen molar-refractivity contribution in [2.45, 2.75) is 50.6 Å². The van der Waals surface area contributed by atoms with Crippen LogP contribution >= 0.6 is 0 Å². The summed E-state index contributed by atoms with van der Waals surface area (Å²) in [6, 6.07) is 22.2. The van der Waals surface area contributed by atoms with Gasteiger partial charge in [-0.2, -0.15) is 0 Å². The Kier molecular flexibility index (Phi) is 8.07. The van der Waals surface area contributed by atoms with Crippen molar-refractivity contribution < 1.29 is 14.2 Å². The lowest BCUT2D eigenvalue weighted by Crippen LogP contribution is -2.42. The zero-order valence-corrected chi connectivity index (χ0v) is 23.4. The molecule has 1 fully saturated rings. The fourth-order valence-electron chi connectivity index (χ4n) is 5.95. The third-order valence-corrected chi connectivity index (χ3v) is 8.03. The monoisotopic (exact) mass is 552 g/mol. The van der Waals surface area contributed by atoms with Gasteiger partial charge in [-0.3, -0.25) is 4.79 Å². The molecule has 0 saturated carbocycles. The summed E-state index contributed by atoms with van der Waals surface area (Å²) in [5, 5.41) is 7.79. The number of ether oxygens (including phenoxy) is 1. The lowest BCUT2D eigenvalue weighted by Gasteiger charge is -2.33. The highest BCUT2D eigenvalue weighted by Gasteiger charge is 2.29. The fraction of sp³-hybridized carbons (Fsp3) is 0.375. The minimum absolute atomic E-state index is 0.121. The van der Waals surface area contributed by atoms with Crippen LogP contribution in [-0.2, 0) is 22.5 Å². The van der Waals surface area contributed by atoms with E-state index in [2.05, 4.69) is 57.3 Å². The molecule has 212 valence electrons. The van der Waals surface area contributed by atoms with E-state index < -0.39 is 0 Å². The van der Waals surface area contributed by atoms with E-state index >= 15 is 0 Å². The van der Waals surface area contributed by atoms with E-state index in [1.54, 1.807) is 7.11 Å². The number of imidazole rings is 1. The third-order valence-electron chi connectivity index (χ3n) is 8.03. The summed E-state index contributed by atoms with van der Waals surface area (Å²) in [5.74, 6) is 1.40. The Labute approximate surface area is 239 Å². The van der Waals surface area contributed by atoms with Crippen LogP contribution in [0.1, 0.15) is 43.0 Å². The molecule has 5 aromatic rings. The molecule has 1 aliphatic heterocycles. The van der Waals surface area contributed by atoms with E-state index in [1.807, 2.05) is 29.2 Å². The van der Waals surface area contributed by atoms with Crippen LogP contribution in [0.25, 0.3) is 33.2 Å². The van der Waals surface area contributed by atoms with Gasteiger partial charge in [0.25, 0.3) is 0 Å². The average molecular weight is 553 g/mol. The molecule has 1 saturated heterocycles. The molecule has 0 spiro atoms. The second-order valence-corrected chi connectivity index (χ2v) is 11.0. The van der Waals surface area contributed by atoms with Crippen LogP contribution in [-0.4, -0.2) is 63.5 Å². The lowest BCUT2D eigenvalue weighted by molar-refractivity contribution is -0.132. The van der Waals surface area contributed by atoms with Crippen LogP contribution in [0.15, 0.2) is 71.4 Å². The summed E-state index contributed by atoms with van der Waals surface area (Å²) < 4.78 is 12.4. The zero-order valence-electron chi connectivity index (χ0n) is 23.4. The van der Waals surface area contributed by atoms with Crippen LogP contribution in [0.2, 0.25) is 0 Å². The summed E-state index contributed by atoms with van der Waals surface area (Å²) in [6.45, 7) is 3.01. The first-order valence-corrected chi connectivity index (χ1v) is 14.4. The van der Waals surface area contributed by atoms with Gasteiger partial charge >= 0.3 is 0 Å². The summed E-state index contributed by atoms with van der Waals surface area (Å²) in [5.41, 5.74) is 13.4. The van der Waals surface area contributed by atoms with Gasteiger partial charge in [0.2, 0.25) is 5.91 Å². The molecule has 9 heteroatoms. The topological polar surface area (TPSA) is 112 Å². The number of hydrogen-bond donors (Lipinski definition) is 1. The van der Waals surface area contributed by atoms with Crippen LogP contribution in [0, 0.1) is 0 Å². The van der Waals surface area contributed by atoms with Crippen molar-refractivity contribution in [3.63, 3.8) is 0 Å². The van der Waals surface area contributed by atoms with Crippen molar-refractivity contribution in [2.75, 3.05) is 26.8 Å². The fourth-order valence-corrected chi connectivity index (χ4v) is 5.95. The number of benzene rings is 3. The van der Waals surface area contributed by atoms with Crippen LogP contribution in [0.4, 0.5) is 0 Å². The molecule has 3 aromatic carbocycles. The average Bonchev–Trinajstić information content (AvgIpc) is 3.62. The molecule has 0 bridgehead atoms. The van der Waals surface area contributed by atoms with Gasteiger partial charge in [-0.1, -0.05) is 42.5 Å². The predicted molar refractivity (Wildman–Crippen MR) is 158 cm³/mol. The normalized spacial score (nSPS) is 16.4. The number of carbonyl (C=O) groups excluding carboxylic acids is 1. The predicted octanol–water partition coefficient (Wildman–Crippen LogP) is 4.94. The van der Waals surface area contributed by atoms with E-state index in [0.717, 1.165) is 76.9 Å². The van der Waals surface area contributed by atoms with Crippen molar-refractivity contribution in [1.82, 2.24) is 24.8 Å². The summed E-state index contributed by atoms with van der Waals surface area (Å²) in [4.78, 5) is 20.4. The maximum atomic E-state index is 13.4. The SMILES string of the molecule is COCCCn1c([C@@H]2CCCN(C(=O)C[C@H](N)Cc3ccc(-c4ccc5nonc5c4)cc3)C2)nc2ccccc21. The van der Waals surface area contributed by atoms with Crippen molar-refractivity contribution in [2.24, 2.45) is 5.73 Å². The Hall–Kier alpha value is -4.08. The molecule has 0 aliphatic carbocycles. The number of aromatic nitrogens is 4. The van der Waals surface area contributed by atoms with Crippen LogP contribution in [0.5, 0.6) is 0 Å². The van der Waals surface area contributed by atoms with E-state index in [0.29, 0.717) is 26.0 Å². The van der Waals surface area contributed by atoms with Crippen molar-refractivity contribution in [1.29, 1.82) is 0 Å². The van der Waals surface area contributed by atoms with Gasteiger partial charge in [0.1, 0.15) is 16.9 Å². The number of methoxy groups -OCH3 is 1. The molecule has 2 atom stereocenters. The number of piperidine rings is 1. The van der Waals surface area contributed by atoms with Crippen LogP contribution < -0.4 is 5.73 Å². The highest BCUT2D eigenvalue weighted by Crippen LogP contribution is 2.30. The number of carbonyl (C=O) groups is 1. The number of para-hydroxylation sites is 2. The van der Waals surface area contributed by atoms with E-state index in [4.69, 9.17) is 20.1 Å². The standard InChI is InChI=1S/C32H36N6O3/c1-40-17-5-16-38-30-8-3-2-7-28(30)34-32(38)25-6-4-15-37(21-25)31(39)20-26(33)18-22-9-11-23(12-10-22)24-13-14-27-29(19-24)36-41-35-27/h2-3,7-14,19,25-26H,4-6,15-18,20-21,33H2,1H3/t25-,26-/m1/s1. The third kappa shape index (κ3) is 6.01. The summed E-state index contributed by atoms with van der Waals surface area (Å²) >= 11 is 0. The Balaban J connectivity index is 1.08. The lowest BCUT2D eigenvalue weighted by atomic mass is 9.95. The number of amides is 1. The first-order valence-electron chi connectivity index (χ1n) is 14.4. The van der Waals surface area contributed by atoms with E-state index in [1.165, 1.54) is 0 Å². The molecule has 1 amide bonds. The highest BCUT2D eigenvalue weighted by atomic mass is 16.6. The second-order valence-electron chi connectivity index (χ2n) is 11.0. The van der Waals surface area contributed by atoms with Gasteiger partial charge in [-0.25, -0.2) is 9.61 Å². The molecular formula is C32H36N6O3. The molecule has 0 radical (unpaired) electrons. The van der Waals surface area contributed by atoms with Gasteiger partial charge in [0.05, 0.1) is 11.0 Å². The van der Waals surface area contributed by atoms with Crippen molar-refractivity contribution >= 4 is 28.0 Å². The minimum atomic E-state index is -0.245. The number of hydrogen-bond acceptors (Lipinski definition) is 7. The molecule has 6 rings (SSSR count). The van der Waals surface area contributed by atoms with Crippen LogP contribution in [0.3, 0.4) is 0 Å². The van der Waals surface area contributed by atoms with Gasteiger partial charge in [0.15, 0.2) is 0 Å². The Bertz CT molecular complexity index is 1630. The first-order chi connectivity index (χ1) is 20.1. The second kappa shape index (κ2) is 12.2. The molecule has 2 N–H and O–H groups in total.